The lowest BCUT2D eigenvalue weighted by Gasteiger charge is -2.06. The van der Waals surface area contributed by atoms with Crippen LogP contribution in [0.15, 0.2) is 18.2 Å². The van der Waals surface area contributed by atoms with Gasteiger partial charge in [-0.25, -0.2) is 0 Å². The first kappa shape index (κ1) is 8.87. The van der Waals surface area contributed by atoms with Crippen LogP contribution in [-0.2, 0) is 0 Å². The standard InChI is InChI=1S/C8H9ClN2O/c1-5-3-2-4-6(7(5)10)11-8(9)12/h2-4H,10H2,1H3,(H,11,12). The van der Waals surface area contributed by atoms with Crippen LogP contribution in [0.4, 0.5) is 16.2 Å². The van der Waals surface area contributed by atoms with Gasteiger partial charge in [0.25, 0.3) is 0 Å². The number of amides is 1. The number of nitrogens with two attached hydrogens (primary N) is 1. The van der Waals surface area contributed by atoms with E-state index in [-0.39, 0.29) is 0 Å². The molecule has 64 valence electrons. The van der Waals surface area contributed by atoms with Crippen molar-refractivity contribution in [1.82, 2.24) is 0 Å². The Labute approximate surface area is 75.5 Å². The lowest BCUT2D eigenvalue weighted by atomic mass is 10.2. The maximum absolute atomic E-state index is 10.5. The molecular weight excluding hydrogens is 176 g/mol. The van der Waals surface area contributed by atoms with Crippen molar-refractivity contribution in [2.24, 2.45) is 0 Å². The number of aryl methyl sites for hydroxylation is 1. The molecule has 0 fully saturated rings. The van der Waals surface area contributed by atoms with E-state index in [4.69, 9.17) is 17.3 Å². The molecule has 0 spiro atoms. The Kier molecular flexibility index (Phi) is 2.55. The first-order chi connectivity index (χ1) is 5.61. The van der Waals surface area contributed by atoms with Crippen LogP contribution in [0.1, 0.15) is 5.56 Å². The third-order valence-electron chi connectivity index (χ3n) is 1.56. The third-order valence-corrected chi connectivity index (χ3v) is 1.65. The highest BCUT2D eigenvalue weighted by atomic mass is 35.5. The van der Waals surface area contributed by atoms with Crippen LogP contribution in [0.2, 0.25) is 0 Å². The number of anilines is 2. The molecule has 0 heterocycles. The Bertz CT molecular complexity index is 312. The smallest absolute Gasteiger partial charge is 0.318 e. The van der Waals surface area contributed by atoms with E-state index in [1.807, 2.05) is 13.0 Å². The zero-order valence-corrected chi connectivity index (χ0v) is 7.35. The SMILES string of the molecule is Cc1cccc(NC(=O)Cl)c1N. The van der Waals surface area contributed by atoms with E-state index >= 15 is 0 Å². The van der Waals surface area contributed by atoms with Crippen molar-refractivity contribution in [3.05, 3.63) is 23.8 Å². The summed E-state index contributed by atoms with van der Waals surface area (Å²) in [6.45, 7) is 1.86. The second kappa shape index (κ2) is 3.45. The Morgan fingerprint density at radius 3 is 2.83 bits per heavy atom. The van der Waals surface area contributed by atoms with E-state index in [0.29, 0.717) is 11.4 Å². The van der Waals surface area contributed by atoms with Gasteiger partial charge >= 0.3 is 5.37 Å². The van der Waals surface area contributed by atoms with E-state index in [0.717, 1.165) is 5.56 Å². The van der Waals surface area contributed by atoms with Gasteiger partial charge in [0.15, 0.2) is 0 Å². The van der Waals surface area contributed by atoms with Gasteiger partial charge in [0, 0.05) is 0 Å². The van der Waals surface area contributed by atoms with Crippen molar-refractivity contribution >= 4 is 28.3 Å². The van der Waals surface area contributed by atoms with E-state index in [2.05, 4.69) is 5.32 Å². The molecule has 1 rings (SSSR count). The summed E-state index contributed by atoms with van der Waals surface area (Å²) in [5.41, 5.74) is 7.67. The number of nitrogens with one attached hydrogen (secondary N) is 1. The van der Waals surface area contributed by atoms with Crippen molar-refractivity contribution < 1.29 is 4.79 Å². The lowest BCUT2D eigenvalue weighted by molar-refractivity contribution is 0.269. The van der Waals surface area contributed by atoms with Crippen molar-refractivity contribution in [1.29, 1.82) is 0 Å². The molecular formula is C8H9ClN2O. The summed E-state index contributed by atoms with van der Waals surface area (Å²) < 4.78 is 0. The zero-order chi connectivity index (χ0) is 9.14. The summed E-state index contributed by atoms with van der Waals surface area (Å²) in [5, 5.41) is 1.78. The summed E-state index contributed by atoms with van der Waals surface area (Å²) in [4.78, 5) is 10.5. The van der Waals surface area contributed by atoms with Crippen molar-refractivity contribution in [3.8, 4) is 0 Å². The molecule has 0 unspecified atom stereocenters. The fourth-order valence-corrected chi connectivity index (χ4v) is 0.997. The molecule has 0 saturated carbocycles. The topological polar surface area (TPSA) is 55.1 Å². The maximum atomic E-state index is 10.5. The van der Waals surface area contributed by atoms with Crippen LogP contribution < -0.4 is 11.1 Å². The molecule has 1 aromatic carbocycles. The Morgan fingerprint density at radius 2 is 2.25 bits per heavy atom. The van der Waals surface area contributed by atoms with E-state index < -0.39 is 5.37 Å². The molecule has 0 aliphatic heterocycles. The summed E-state index contributed by atoms with van der Waals surface area (Å²) in [6, 6.07) is 5.36. The van der Waals surface area contributed by atoms with Gasteiger partial charge in [-0.15, -0.1) is 0 Å². The van der Waals surface area contributed by atoms with E-state index in [1.165, 1.54) is 0 Å². The molecule has 3 nitrogen and oxygen atoms in total. The minimum absolute atomic E-state index is 0.548. The van der Waals surface area contributed by atoms with Crippen LogP contribution in [-0.4, -0.2) is 5.37 Å². The van der Waals surface area contributed by atoms with Gasteiger partial charge in [0.2, 0.25) is 0 Å². The van der Waals surface area contributed by atoms with E-state index in [9.17, 15) is 4.79 Å². The number of nitrogen functional groups attached to an aromatic ring is 1. The molecule has 0 bridgehead atoms. The molecule has 3 N–H and O–H groups in total. The molecule has 0 aliphatic carbocycles. The summed E-state index contributed by atoms with van der Waals surface area (Å²) in [7, 11) is 0. The number of benzene rings is 1. The third kappa shape index (κ3) is 1.89. The van der Waals surface area contributed by atoms with Gasteiger partial charge < -0.3 is 11.1 Å². The Morgan fingerprint density at radius 1 is 1.58 bits per heavy atom. The predicted octanol–water partition coefficient (Wildman–Crippen LogP) is 2.35. The molecule has 0 aliphatic rings. The van der Waals surface area contributed by atoms with Crippen LogP contribution in [0.25, 0.3) is 0 Å². The molecule has 4 heteroatoms. The normalized spacial score (nSPS) is 9.50. The molecule has 1 aromatic rings. The van der Waals surface area contributed by atoms with Crippen LogP contribution in [0, 0.1) is 6.92 Å². The molecule has 12 heavy (non-hydrogen) atoms. The lowest BCUT2D eigenvalue weighted by Crippen LogP contribution is -2.04. The van der Waals surface area contributed by atoms with Crippen molar-refractivity contribution in [3.63, 3.8) is 0 Å². The number of carbonyl (C=O) groups is 1. The summed E-state index contributed by atoms with van der Waals surface area (Å²) in [5.74, 6) is 0. The highest BCUT2D eigenvalue weighted by Crippen LogP contribution is 2.21. The van der Waals surface area contributed by atoms with Gasteiger partial charge in [-0.3, -0.25) is 4.79 Å². The second-order valence-corrected chi connectivity index (χ2v) is 2.78. The number of halogens is 1. The highest BCUT2D eigenvalue weighted by molar-refractivity contribution is 6.65. The van der Waals surface area contributed by atoms with Gasteiger partial charge in [0.05, 0.1) is 11.4 Å². The fraction of sp³-hybridized carbons (Fsp3) is 0.125. The van der Waals surface area contributed by atoms with Crippen molar-refractivity contribution in [2.75, 3.05) is 11.1 Å². The van der Waals surface area contributed by atoms with Gasteiger partial charge in [-0.2, -0.15) is 0 Å². The largest absolute Gasteiger partial charge is 0.397 e. The molecule has 0 atom stereocenters. The Hall–Kier alpha value is -1.22. The number of hydrogen-bond acceptors (Lipinski definition) is 2. The van der Waals surface area contributed by atoms with Crippen LogP contribution in [0.3, 0.4) is 0 Å². The predicted molar refractivity (Wildman–Crippen MR) is 50.5 cm³/mol. The molecule has 0 saturated heterocycles. The monoisotopic (exact) mass is 184 g/mol. The molecule has 0 aromatic heterocycles. The van der Waals surface area contributed by atoms with Gasteiger partial charge in [0.1, 0.15) is 0 Å². The zero-order valence-electron chi connectivity index (χ0n) is 6.60. The fourth-order valence-electron chi connectivity index (χ4n) is 0.896. The first-order valence-electron chi connectivity index (χ1n) is 3.43. The number of rotatable bonds is 1. The highest BCUT2D eigenvalue weighted by Gasteiger charge is 2.02. The molecule has 0 radical (unpaired) electrons. The number of para-hydroxylation sites is 1. The van der Waals surface area contributed by atoms with Gasteiger partial charge in [-0.1, -0.05) is 12.1 Å². The summed E-state index contributed by atoms with van der Waals surface area (Å²) in [6.07, 6.45) is 0. The average Bonchev–Trinajstić information content (AvgIpc) is 1.98. The summed E-state index contributed by atoms with van der Waals surface area (Å²) >= 11 is 5.13. The van der Waals surface area contributed by atoms with Gasteiger partial charge in [-0.05, 0) is 30.2 Å². The van der Waals surface area contributed by atoms with Crippen LogP contribution in [0.5, 0.6) is 0 Å². The quantitative estimate of drug-likeness (QED) is 0.400. The minimum atomic E-state index is -0.632. The molecule has 1 amide bonds. The first-order valence-corrected chi connectivity index (χ1v) is 3.80. The van der Waals surface area contributed by atoms with Crippen LogP contribution >= 0.6 is 11.6 Å². The average molecular weight is 185 g/mol. The number of carbonyl (C=O) groups excluding carboxylic acids is 1. The second-order valence-electron chi connectivity index (χ2n) is 2.43. The maximum Gasteiger partial charge on any atom is 0.318 e. The Balaban J connectivity index is 3.00. The number of hydrogen-bond donors (Lipinski definition) is 2. The van der Waals surface area contributed by atoms with Crippen molar-refractivity contribution in [2.45, 2.75) is 6.92 Å². The minimum Gasteiger partial charge on any atom is -0.397 e. The van der Waals surface area contributed by atoms with E-state index in [1.54, 1.807) is 12.1 Å².